The fraction of sp³-hybridized carbons (Fsp3) is 0.643. The van der Waals surface area contributed by atoms with Gasteiger partial charge >= 0.3 is 6.09 Å². The SMILES string of the molecule is CCOC(=O)N1C[C@H]2CC[C@@H](C1)N(Cc1cscn1)C2=O. The van der Waals surface area contributed by atoms with Gasteiger partial charge in [-0.15, -0.1) is 11.3 Å². The first-order valence-electron chi connectivity index (χ1n) is 7.28. The van der Waals surface area contributed by atoms with E-state index in [2.05, 4.69) is 4.98 Å². The molecule has 4 heterocycles. The van der Waals surface area contributed by atoms with E-state index in [1.807, 2.05) is 10.3 Å². The lowest BCUT2D eigenvalue weighted by molar-refractivity contribution is -0.140. The van der Waals surface area contributed by atoms with E-state index in [0.29, 0.717) is 26.2 Å². The van der Waals surface area contributed by atoms with Gasteiger partial charge in [-0.05, 0) is 19.8 Å². The van der Waals surface area contributed by atoms with E-state index in [4.69, 9.17) is 4.74 Å². The summed E-state index contributed by atoms with van der Waals surface area (Å²) >= 11 is 1.53. The number of aromatic nitrogens is 1. The molecule has 0 unspecified atom stereocenters. The van der Waals surface area contributed by atoms with Gasteiger partial charge in [-0.3, -0.25) is 4.79 Å². The van der Waals surface area contributed by atoms with E-state index < -0.39 is 0 Å². The molecule has 3 aliphatic rings. The highest BCUT2D eigenvalue weighted by molar-refractivity contribution is 7.07. The van der Waals surface area contributed by atoms with Gasteiger partial charge in [0, 0.05) is 24.5 Å². The molecule has 3 saturated heterocycles. The standard InChI is InChI=1S/C14H19N3O3S/c1-2-20-14(19)16-5-10-3-4-12(7-16)17(13(10)18)6-11-8-21-9-15-11/h8-10,12H,2-7H2,1H3/t10-,12+/m1/s1. The molecule has 0 aliphatic carbocycles. The van der Waals surface area contributed by atoms with Crippen molar-refractivity contribution >= 4 is 23.3 Å². The highest BCUT2D eigenvalue weighted by Crippen LogP contribution is 2.30. The van der Waals surface area contributed by atoms with E-state index >= 15 is 0 Å². The molecule has 0 radical (unpaired) electrons. The lowest BCUT2D eigenvalue weighted by atomic mass is 9.94. The Kier molecular flexibility index (Phi) is 4.10. The normalized spacial score (nSPS) is 25.1. The third-order valence-corrected chi connectivity index (χ3v) is 4.77. The van der Waals surface area contributed by atoms with E-state index in [0.717, 1.165) is 18.5 Å². The quantitative estimate of drug-likeness (QED) is 0.853. The number of nitrogens with zero attached hydrogens (tertiary/aromatic N) is 3. The van der Waals surface area contributed by atoms with E-state index in [1.54, 1.807) is 17.3 Å². The van der Waals surface area contributed by atoms with Crippen LogP contribution in [0.4, 0.5) is 4.79 Å². The first-order chi connectivity index (χ1) is 10.2. The zero-order valence-electron chi connectivity index (χ0n) is 12.0. The molecule has 0 N–H and O–H groups in total. The van der Waals surface area contributed by atoms with Crippen LogP contribution in [0.2, 0.25) is 0 Å². The Morgan fingerprint density at radius 2 is 2.33 bits per heavy atom. The molecule has 0 saturated carbocycles. The van der Waals surface area contributed by atoms with Gasteiger partial charge in [0.15, 0.2) is 0 Å². The molecule has 0 spiro atoms. The molecular weight excluding hydrogens is 290 g/mol. The number of hydrogen-bond donors (Lipinski definition) is 0. The number of thiazole rings is 1. The summed E-state index contributed by atoms with van der Waals surface area (Å²) in [4.78, 5) is 32.4. The first-order valence-corrected chi connectivity index (χ1v) is 8.22. The summed E-state index contributed by atoms with van der Waals surface area (Å²) in [5.74, 6) is 0.0397. The Bertz CT molecular complexity index is 520. The Hall–Kier alpha value is -1.63. The maximum absolute atomic E-state index is 12.6. The van der Waals surface area contributed by atoms with Gasteiger partial charge in [-0.2, -0.15) is 0 Å². The van der Waals surface area contributed by atoms with Crippen LogP contribution in [-0.4, -0.2) is 52.5 Å². The maximum atomic E-state index is 12.6. The zero-order valence-corrected chi connectivity index (χ0v) is 12.8. The maximum Gasteiger partial charge on any atom is 0.409 e. The summed E-state index contributed by atoms with van der Waals surface area (Å²) in [6, 6.07) is 0.0716. The van der Waals surface area contributed by atoms with Crippen molar-refractivity contribution in [3.05, 3.63) is 16.6 Å². The Morgan fingerprint density at radius 1 is 1.48 bits per heavy atom. The molecule has 3 fully saturated rings. The molecule has 21 heavy (non-hydrogen) atoms. The molecule has 3 aliphatic heterocycles. The van der Waals surface area contributed by atoms with Crippen LogP contribution in [0.5, 0.6) is 0 Å². The average molecular weight is 309 g/mol. The van der Waals surface area contributed by atoms with Gasteiger partial charge < -0.3 is 14.5 Å². The number of hydrogen-bond acceptors (Lipinski definition) is 5. The number of amides is 2. The summed E-state index contributed by atoms with van der Waals surface area (Å²) in [5.41, 5.74) is 2.70. The van der Waals surface area contributed by atoms with Crippen LogP contribution < -0.4 is 0 Å². The first kappa shape index (κ1) is 14.3. The number of carbonyl (C=O) groups excluding carboxylic acids is 2. The molecule has 4 rings (SSSR count). The topological polar surface area (TPSA) is 62.7 Å². The molecular formula is C14H19N3O3S. The Balaban J connectivity index is 1.76. The molecule has 1 aromatic heterocycles. The lowest BCUT2D eigenvalue weighted by Crippen LogP contribution is -2.47. The van der Waals surface area contributed by atoms with E-state index in [1.165, 1.54) is 11.3 Å². The second-order valence-corrected chi connectivity index (χ2v) is 6.20. The van der Waals surface area contributed by atoms with E-state index in [9.17, 15) is 9.59 Å². The predicted octanol–water partition coefficient (Wildman–Crippen LogP) is 1.72. The summed E-state index contributed by atoms with van der Waals surface area (Å²) < 4.78 is 5.08. The van der Waals surface area contributed by atoms with Crippen LogP contribution in [0.1, 0.15) is 25.5 Å². The van der Waals surface area contributed by atoms with Crippen molar-refractivity contribution in [2.45, 2.75) is 32.4 Å². The third kappa shape index (κ3) is 2.88. The molecule has 6 nitrogen and oxygen atoms in total. The van der Waals surface area contributed by atoms with Crippen LogP contribution in [0, 0.1) is 5.92 Å². The second-order valence-electron chi connectivity index (χ2n) is 5.48. The second kappa shape index (κ2) is 6.01. The fourth-order valence-corrected chi connectivity index (χ4v) is 3.65. The van der Waals surface area contributed by atoms with Crippen molar-refractivity contribution in [1.82, 2.24) is 14.8 Å². The van der Waals surface area contributed by atoms with Crippen molar-refractivity contribution in [2.24, 2.45) is 5.92 Å². The minimum absolute atomic E-state index is 0.0716. The van der Waals surface area contributed by atoms with Crippen molar-refractivity contribution < 1.29 is 14.3 Å². The Labute approximate surface area is 127 Å². The molecule has 114 valence electrons. The van der Waals surface area contributed by atoms with Crippen molar-refractivity contribution in [3.8, 4) is 0 Å². The van der Waals surface area contributed by atoms with E-state index in [-0.39, 0.29) is 24.0 Å². The monoisotopic (exact) mass is 309 g/mol. The molecule has 2 amide bonds. The van der Waals surface area contributed by atoms with Crippen LogP contribution in [0.15, 0.2) is 10.9 Å². The van der Waals surface area contributed by atoms with Crippen molar-refractivity contribution in [2.75, 3.05) is 19.7 Å². The van der Waals surface area contributed by atoms with Crippen molar-refractivity contribution in [1.29, 1.82) is 0 Å². The zero-order chi connectivity index (χ0) is 14.8. The van der Waals surface area contributed by atoms with Gasteiger partial charge in [0.1, 0.15) is 0 Å². The Morgan fingerprint density at radius 3 is 3.05 bits per heavy atom. The largest absolute Gasteiger partial charge is 0.450 e. The third-order valence-electron chi connectivity index (χ3n) is 4.14. The highest BCUT2D eigenvalue weighted by atomic mass is 32.1. The minimum Gasteiger partial charge on any atom is -0.450 e. The van der Waals surface area contributed by atoms with Gasteiger partial charge in [-0.1, -0.05) is 0 Å². The summed E-state index contributed by atoms with van der Waals surface area (Å²) in [7, 11) is 0. The number of piperidine rings is 1. The molecule has 2 atom stereocenters. The number of rotatable bonds is 3. The smallest absolute Gasteiger partial charge is 0.409 e. The molecule has 1 aromatic rings. The molecule has 2 bridgehead atoms. The van der Waals surface area contributed by atoms with Crippen LogP contribution >= 0.6 is 11.3 Å². The highest BCUT2D eigenvalue weighted by Gasteiger charge is 2.42. The molecule has 7 heteroatoms. The number of ether oxygens (including phenoxy) is 1. The summed E-state index contributed by atoms with van der Waals surface area (Å²) in [6.45, 7) is 3.73. The van der Waals surface area contributed by atoms with Gasteiger partial charge in [0.25, 0.3) is 0 Å². The number of fused-ring (bicyclic) bond motifs is 4. The fourth-order valence-electron chi connectivity index (χ4n) is 3.10. The minimum atomic E-state index is -0.308. The number of carbonyl (C=O) groups is 2. The van der Waals surface area contributed by atoms with Gasteiger partial charge in [0.2, 0.25) is 5.91 Å². The average Bonchev–Trinajstić information content (AvgIpc) is 2.83. The molecule has 0 aromatic carbocycles. The van der Waals surface area contributed by atoms with Crippen LogP contribution in [0.3, 0.4) is 0 Å². The van der Waals surface area contributed by atoms with Crippen molar-refractivity contribution in [3.63, 3.8) is 0 Å². The predicted molar refractivity (Wildman–Crippen MR) is 77.8 cm³/mol. The van der Waals surface area contributed by atoms with Crippen LogP contribution in [-0.2, 0) is 16.1 Å². The lowest BCUT2D eigenvalue weighted by Gasteiger charge is -2.35. The van der Waals surface area contributed by atoms with Crippen LogP contribution in [0.25, 0.3) is 0 Å². The summed E-state index contributed by atoms with van der Waals surface area (Å²) in [6.07, 6.45) is 1.49. The van der Waals surface area contributed by atoms with Gasteiger partial charge in [-0.25, -0.2) is 9.78 Å². The van der Waals surface area contributed by atoms with Gasteiger partial charge in [0.05, 0.1) is 30.3 Å². The summed E-state index contributed by atoms with van der Waals surface area (Å²) in [5, 5.41) is 1.97.